The Kier molecular flexibility index (Phi) is 6.60. The van der Waals surface area contributed by atoms with Crippen molar-refractivity contribution in [2.75, 3.05) is 12.9 Å². The van der Waals surface area contributed by atoms with Gasteiger partial charge in [0.05, 0.1) is 12.9 Å². The fourth-order valence-electron chi connectivity index (χ4n) is 2.28. The van der Waals surface area contributed by atoms with Crippen LogP contribution in [0.15, 0.2) is 53.9 Å². The molecule has 140 valence electrons. The molecule has 0 unspecified atom stereocenters. The minimum absolute atomic E-state index is 0.129. The number of rotatable bonds is 7. The van der Waals surface area contributed by atoms with E-state index in [9.17, 15) is 4.79 Å². The first-order valence-corrected chi connectivity index (χ1v) is 9.69. The van der Waals surface area contributed by atoms with Crippen LogP contribution in [0.5, 0.6) is 5.75 Å². The van der Waals surface area contributed by atoms with E-state index in [1.165, 1.54) is 11.8 Å². The van der Waals surface area contributed by atoms with Gasteiger partial charge in [0.25, 0.3) is 0 Å². The Morgan fingerprint density at radius 3 is 2.70 bits per heavy atom. The van der Waals surface area contributed by atoms with Crippen LogP contribution in [-0.4, -0.2) is 33.5 Å². The molecule has 0 fully saturated rings. The molecule has 9 heteroatoms. The number of amides is 1. The van der Waals surface area contributed by atoms with Gasteiger partial charge in [0.15, 0.2) is 5.16 Å². The molecule has 0 spiro atoms. The molecule has 0 atom stereocenters. The lowest BCUT2D eigenvalue weighted by Crippen LogP contribution is -2.24. The average Bonchev–Trinajstić information content (AvgIpc) is 3.14. The number of carbonyl (C=O) groups is 1. The smallest absolute Gasteiger partial charge is 0.230 e. The first-order chi connectivity index (χ1) is 13.1. The Bertz CT molecular complexity index is 931. The summed E-state index contributed by atoms with van der Waals surface area (Å²) in [6.45, 7) is 0.334. The second-order valence-corrected chi connectivity index (χ2v) is 7.27. The van der Waals surface area contributed by atoms with Gasteiger partial charge in [0, 0.05) is 22.3 Å². The molecule has 0 aliphatic heterocycles. The van der Waals surface area contributed by atoms with E-state index >= 15 is 0 Å². The molecular formula is C18H16Cl2N4O2S. The van der Waals surface area contributed by atoms with Crippen molar-refractivity contribution in [2.24, 2.45) is 0 Å². The van der Waals surface area contributed by atoms with Crippen LogP contribution >= 0.6 is 35.0 Å². The number of thioether (sulfide) groups is 1. The number of aromatic nitrogens is 3. The van der Waals surface area contributed by atoms with Crippen LogP contribution in [0.2, 0.25) is 10.0 Å². The average molecular weight is 423 g/mol. The number of nitrogens with one attached hydrogen (secondary N) is 1. The van der Waals surface area contributed by atoms with Gasteiger partial charge in [-0.1, -0.05) is 41.0 Å². The molecule has 1 aromatic heterocycles. The SMILES string of the molecule is COc1ccc(-n2cnnc2SCC(=O)NCc2ccc(Cl)cc2Cl)cc1. The van der Waals surface area contributed by atoms with Crippen molar-refractivity contribution in [1.82, 2.24) is 20.1 Å². The molecule has 3 rings (SSSR count). The first kappa shape index (κ1) is 19.5. The molecule has 0 radical (unpaired) electrons. The number of benzene rings is 2. The van der Waals surface area contributed by atoms with E-state index in [-0.39, 0.29) is 11.7 Å². The molecule has 1 amide bonds. The summed E-state index contributed by atoms with van der Waals surface area (Å²) < 4.78 is 6.97. The molecule has 0 saturated heterocycles. The third-order valence-corrected chi connectivity index (χ3v) is 5.22. The summed E-state index contributed by atoms with van der Waals surface area (Å²) in [5.74, 6) is 0.844. The summed E-state index contributed by atoms with van der Waals surface area (Å²) in [7, 11) is 1.62. The number of carbonyl (C=O) groups excluding carboxylic acids is 1. The lowest BCUT2D eigenvalue weighted by atomic mass is 10.2. The Morgan fingerprint density at radius 1 is 1.22 bits per heavy atom. The maximum Gasteiger partial charge on any atom is 0.230 e. The Labute approximate surface area is 170 Å². The highest BCUT2D eigenvalue weighted by atomic mass is 35.5. The zero-order valence-electron chi connectivity index (χ0n) is 14.4. The molecule has 2 aromatic carbocycles. The van der Waals surface area contributed by atoms with E-state index in [0.29, 0.717) is 21.7 Å². The van der Waals surface area contributed by atoms with E-state index in [0.717, 1.165) is 17.0 Å². The first-order valence-electron chi connectivity index (χ1n) is 7.94. The number of ether oxygens (including phenoxy) is 1. The third-order valence-electron chi connectivity index (χ3n) is 3.69. The van der Waals surface area contributed by atoms with Gasteiger partial charge in [-0.25, -0.2) is 0 Å². The monoisotopic (exact) mass is 422 g/mol. The fraction of sp³-hybridized carbons (Fsp3) is 0.167. The molecule has 1 N–H and O–H groups in total. The number of nitrogens with zero attached hydrogens (tertiary/aromatic N) is 3. The quantitative estimate of drug-likeness (QED) is 0.582. The van der Waals surface area contributed by atoms with E-state index in [4.69, 9.17) is 27.9 Å². The number of hydrogen-bond donors (Lipinski definition) is 1. The molecule has 0 aliphatic rings. The standard InChI is InChI=1S/C18H16Cl2N4O2S/c1-26-15-6-4-14(5-7-15)24-11-22-23-18(24)27-10-17(25)21-9-12-2-3-13(19)8-16(12)20/h2-8,11H,9-10H2,1H3,(H,21,25). The number of methoxy groups -OCH3 is 1. The predicted molar refractivity (Wildman–Crippen MR) is 107 cm³/mol. The van der Waals surface area contributed by atoms with Crippen LogP contribution in [0.1, 0.15) is 5.56 Å². The summed E-state index contributed by atoms with van der Waals surface area (Å²) in [6.07, 6.45) is 1.61. The highest BCUT2D eigenvalue weighted by molar-refractivity contribution is 7.99. The van der Waals surface area contributed by atoms with Crippen LogP contribution in [0.4, 0.5) is 0 Å². The maximum absolute atomic E-state index is 12.1. The van der Waals surface area contributed by atoms with Crippen molar-refractivity contribution in [3.63, 3.8) is 0 Å². The molecule has 6 nitrogen and oxygen atoms in total. The van der Waals surface area contributed by atoms with Gasteiger partial charge in [0.1, 0.15) is 12.1 Å². The second-order valence-electron chi connectivity index (χ2n) is 5.48. The van der Waals surface area contributed by atoms with Gasteiger partial charge in [-0.15, -0.1) is 10.2 Å². The lowest BCUT2D eigenvalue weighted by Gasteiger charge is -2.09. The van der Waals surface area contributed by atoms with Crippen molar-refractivity contribution in [3.05, 3.63) is 64.4 Å². The minimum atomic E-state index is -0.129. The fourth-order valence-corrected chi connectivity index (χ4v) is 3.52. The molecule has 27 heavy (non-hydrogen) atoms. The highest BCUT2D eigenvalue weighted by Gasteiger charge is 2.11. The van der Waals surface area contributed by atoms with E-state index < -0.39 is 0 Å². The molecule has 0 bridgehead atoms. The summed E-state index contributed by atoms with van der Waals surface area (Å²) in [5.41, 5.74) is 1.69. The second kappa shape index (κ2) is 9.12. The Morgan fingerprint density at radius 2 is 2.00 bits per heavy atom. The van der Waals surface area contributed by atoms with Crippen LogP contribution in [-0.2, 0) is 11.3 Å². The molecular weight excluding hydrogens is 407 g/mol. The lowest BCUT2D eigenvalue weighted by molar-refractivity contribution is -0.118. The summed E-state index contributed by atoms with van der Waals surface area (Å²) in [6, 6.07) is 12.7. The van der Waals surface area contributed by atoms with Crippen molar-refractivity contribution < 1.29 is 9.53 Å². The summed E-state index contributed by atoms with van der Waals surface area (Å²) >= 11 is 13.3. The van der Waals surface area contributed by atoms with Crippen molar-refractivity contribution >= 4 is 40.9 Å². The topological polar surface area (TPSA) is 69.0 Å². The van der Waals surface area contributed by atoms with Gasteiger partial charge >= 0.3 is 0 Å². The zero-order chi connectivity index (χ0) is 19.2. The van der Waals surface area contributed by atoms with Crippen LogP contribution < -0.4 is 10.1 Å². The molecule has 0 aliphatic carbocycles. The highest BCUT2D eigenvalue weighted by Crippen LogP contribution is 2.22. The van der Waals surface area contributed by atoms with Crippen LogP contribution in [0.25, 0.3) is 5.69 Å². The van der Waals surface area contributed by atoms with Crippen LogP contribution in [0.3, 0.4) is 0 Å². The van der Waals surface area contributed by atoms with Gasteiger partial charge < -0.3 is 10.1 Å². The van der Waals surface area contributed by atoms with Crippen molar-refractivity contribution in [2.45, 2.75) is 11.7 Å². The van der Waals surface area contributed by atoms with E-state index in [1.54, 1.807) is 31.6 Å². The summed E-state index contributed by atoms with van der Waals surface area (Å²) in [5, 5.41) is 12.6. The predicted octanol–water partition coefficient (Wildman–Crippen LogP) is 3.99. The van der Waals surface area contributed by atoms with Gasteiger partial charge in [0.2, 0.25) is 5.91 Å². The minimum Gasteiger partial charge on any atom is -0.497 e. The van der Waals surface area contributed by atoms with E-state index in [1.807, 2.05) is 28.8 Å². The maximum atomic E-state index is 12.1. The largest absolute Gasteiger partial charge is 0.497 e. The number of halogens is 2. The molecule has 3 aromatic rings. The van der Waals surface area contributed by atoms with Gasteiger partial charge in [-0.05, 0) is 42.0 Å². The zero-order valence-corrected chi connectivity index (χ0v) is 16.7. The molecule has 0 saturated carbocycles. The van der Waals surface area contributed by atoms with Gasteiger partial charge in [-0.3, -0.25) is 9.36 Å². The van der Waals surface area contributed by atoms with Crippen molar-refractivity contribution in [3.8, 4) is 11.4 Å². The summed E-state index contributed by atoms with van der Waals surface area (Å²) in [4.78, 5) is 12.1. The van der Waals surface area contributed by atoms with E-state index in [2.05, 4.69) is 15.5 Å². The third kappa shape index (κ3) is 5.15. The molecule has 1 heterocycles. The van der Waals surface area contributed by atoms with Crippen LogP contribution in [0, 0.1) is 0 Å². The van der Waals surface area contributed by atoms with Crippen molar-refractivity contribution in [1.29, 1.82) is 0 Å². The Balaban J connectivity index is 1.57. The normalized spacial score (nSPS) is 10.6. The van der Waals surface area contributed by atoms with Gasteiger partial charge in [-0.2, -0.15) is 0 Å². The Hall–Kier alpha value is -2.22. The number of hydrogen-bond acceptors (Lipinski definition) is 5.